The lowest BCUT2D eigenvalue weighted by Crippen LogP contribution is -2.38. The first-order valence-electron chi connectivity index (χ1n) is 9.06. The third-order valence-corrected chi connectivity index (χ3v) is 7.40. The summed E-state index contributed by atoms with van der Waals surface area (Å²) >= 11 is 0. The topological polar surface area (TPSA) is 17.3 Å². The molecule has 0 aromatic heterocycles. The van der Waals surface area contributed by atoms with E-state index in [0.717, 1.165) is 13.1 Å². The van der Waals surface area contributed by atoms with Gasteiger partial charge in [-0.3, -0.25) is 0 Å². The van der Waals surface area contributed by atoms with Crippen molar-refractivity contribution in [1.82, 2.24) is 4.90 Å². The van der Waals surface area contributed by atoms with E-state index < -0.39 is 0 Å². The van der Waals surface area contributed by atoms with Crippen LogP contribution in [0.2, 0.25) is 0 Å². The largest absolute Gasteiger partial charge is 0.683 e. The summed E-state index contributed by atoms with van der Waals surface area (Å²) in [7, 11) is -0.159. The minimum atomic E-state index is -0.159. The van der Waals surface area contributed by atoms with Gasteiger partial charge in [0.1, 0.15) is 0 Å². The molecule has 0 atom stereocenters. The van der Waals surface area contributed by atoms with Crippen LogP contribution in [0.25, 0.3) is 5.32 Å². The molecule has 1 aromatic rings. The molecular weight excluding hydrogens is 299 g/mol. The van der Waals surface area contributed by atoms with Crippen molar-refractivity contribution in [3.05, 3.63) is 29.6 Å². The van der Waals surface area contributed by atoms with Gasteiger partial charge in [0.2, 0.25) is 0 Å². The SMILES string of the molecule is CC(C)N(CC[N-]c1ccccc1P(C(C)C)C(C)C)C(C)C. The molecule has 0 saturated heterocycles. The maximum absolute atomic E-state index is 4.97. The molecule has 0 fully saturated rings. The summed E-state index contributed by atoms with van der Waals surface area (Å²) in [6.07, 6.45) is 0. The Hall–Kier alpha value is -0.590. The quantitative estimate of drug-likeness (QED) is 0.526. The molecule has 2 nitrogen and oxygen atoms in total. The van der Waals surface area contributed by atoms with Gasteiger partial charge >= 0.3 is 0 Å². The molecule has 23 heavy (non-hydrogen) atoms. The van der Waals surface area contributed by atoms with Crippen molar-refractivity contribution in [2.24, 2.45) is 0 Å². The number of hydrogen-bond donors (Lipinski definition) is 0. The number of rotatable bonds is 9. The monoisotopic (exact) mass is 335 g/mol. The Kier molecular flexibility index (Phi) is 8.58. The lowest BCUT2D eigenvalue weighted by atomic mass is 10.2. The van der Waals surface area contributed by atoms with Crippen molar-refractivity contribution in [3.63, 3.8) is 0 Å². The highest BCUT2D eigenvalue weighted by Crippen LogP contribution is 2.47. The molecular formula is C20H36N2P-. The maximum atomic E-state index is 4.97. The van der Waals surface area contributed by atoms with Crippen molar-refractivity contribution < 1.29 is 0 Å². The van der Waals surface area contributed by atoms with Crippen molar-refractivity contribution in [3.8, 4) is 0 Å². The molecule has 0 aliphatic carbocycles. The van der Waals surface area contributed by atoms with Crippen molar-refractivity contribution in [1.29, 1.82) is 0 Å². The first-order chi connectivity index (χ1) is 10.8. The number of hydrogen-bond acceptors (Lipinski definition) is 1. The summed E-state index contributed by atoms with van der Waals surface area (Å²) in [5, 5.41) is 6.45. The molecule has 1 rings (SSSR count). The summed E-state index contributed by atoms with van der Waals surface area (Å²) in [6, 6.07) is 9.94. The van der Waals surface area contributed by atoms with E-state index >= 15 is 0 Å². The van der Waals surface area contributed by atoms with Crippen molar-refractivity contribution in [2.45, 2.75) is 78.8 Å². The van der Waals surface area contributed by atoms with E-state index in [2.05, 4.69) is 84.6 Å². The van der Waals surface area contributed by atoms with Crippen LogP contribution in [0, 0.1) is 0 Å². The summed E-state index contributed by atoms with van der Waals surface area (Å²) in [4.78, 5) is 2.51. The van der Waals surface area contributed by atoms with E-state index in [1.165, 1.54) is 11.0 Å². The van der Waals surface area contributed by atoms with Crippen LogP contribution in [0.4, 0.5) is 5.69 Å². The smallest absolute Gasteiger partial charge is 0.00406 e. The fourth-order valence-electron chi connectivity index (χ4n) is 3.37. The Balaban J connectivity index is 2.82. The van der Waals surface area contributed by atoms with E-state index in [1.807, 2.05) is 0 Å². The van der Waals surface area contributed by atoms with Crippen molar-refractivity contribution in [2.75, 3.05) is 13.1 Å². The van der Waals surface area contributed by atoms with Gasteiger partial charge in [-0.15, -0.1) is 12.2 Å². The molecule has 0 bridgehead atoms. The number of nitrogens with zero attached hydrogens (tertiary/aromatic N) is 2. The van der Waals surface area contributed by atoms with Crippen LogP contribution >= 0.6 is 7.92 Å². The Morgan fingerprint density at radius 1 is 0.870 bits per heavy atom. The zero-order valence-corrected chi connectivity index (χ0v) is 17.3. The number of benzene rings is 1. The Labute approximate surface area is 145 Å². The third-order valence-electron chi connectivity index (χ3n) is 4.24. The highest BCUT2D eigenvalue weighted by molar-refractivity contribution is 7.67. The van der Waals surface area contributed by atoms with Crippen LogP contribution < -0.4 is 5.30 Å². The molecule has 3 heteroatoms. The van der Waals surface area contributed by atoms with Crippen LogP contribution in [-0.4, -0.2) is 41.4 Å². The van der Waals surface area contributed by atoms with Crippen LogP contribution in [0.5, 0.6) is 0 Å². The minimum Gasteiger partial charge on any atom is -0.683 e. The van der Waals surface area contributed by atoms with E-state index in [0.29, 0.717) is 23.4 Å². The highest BCUT2D eigenvalue weighted by Gasteiger charge is 2.19. The molecule has 132 valence electrons. The first kappa shape index (κ1) is 20.5. The van der Waals surface area contributed by atoms with Gasteiger partial charge in [0, 0.05) is 12.1 Å². The second-order valence-electron chi connectivity index (χ2n) is 7.39. The maximum Gasteiger partial charge on any atom is 0.00406 e. The molecule has 0 spiro atoms. The average molecular weight is 335 g/mol. The van der Waals surface area contributed by atoms with Crippen LogP contribution in [-0.2, 0) is 0 Å². The predicted molar refractivity (Wildman–Crippen MR) is 108 cm³/mol. The predicted octanol–water partition coefficient (Wildman–Crippen LogP) is 5.73. The number of para-hydroxylation sites is 1. The minimum absolute atomic E-state index is 0.159. The fraction of sp³-hybridized carbons (Fsp3) is 0.700. The highest BCUT2D eigenvalue weighted by atomic mass is 31.1. The average Bonchev–Trinajstić information content (AvgIpc) is 2.43. The second kappa shape index (κ2) is 9.64. The van der Waals surface area contributed by atoms with E-state index in [-0.39, 0.29) is 7.92 Å². The van der Waals surface area contributed by atoms with Gasteiger partial charge in [0.25, 0.3) is 0 Å². The van der Waals surface area contributed by atoms with E-state index in [9.17, 15) is 0 Å². The van der Waals surface area contributed by atoms with Crippen LogP contribution in [0.3, 0.4) is 0 Å². The summed E-state index contributed by atoms with van der Waals surface area (Å²) in [5.74, 6) is 0. The molecule has 1 aromatic carbocycles. The van der Waals surface area contributed by atoms with Gasteiger partial charge in [-0.25, -0.2) is 0 Å². The standard InChI is InChI=1S/C20H36N2P/c1-15(2)22(16(3)4)14-13-21-19-11-9-10-12-20(19)23(17(5)6)18(7)8/h9-12,15-18H,13-14H2,1-8H3/q-1. The zero-order chi connectivity index (χ0) is 17.6. The van der Waals surface area contributed by atoms with E-state index in [4.69, 9.17) is 5.32 Å². The van der Waals surface area contributed by atoms with Gasteiger partial charge in [0.15, 0.2) is 0 Å². The molecule has 0 N–H and O–H groups in total. The summed E-state index contributed by atoms with van der Waals surface area (Å²) in [6.45, 7) is 20.4. The Morgan fingerprint density at radius 2 is 1.39 bits per heavy atom. The molecule has 0 heterocycles. The molecule has 0 unspecified atom stereocenters. The Morgan fingerprint density at radius 3 is 1.87 bits per heavy atom. The fourth-order valence-corrected chi connectivity index (χ4v) is 6.34. The summed E-state index contributed by atoms with van der Waals surface area (Å²) in [5.41, 5.74) is 2.61. The second-order valence-corrected chi connectivity index (χ2v) is 10.8. The third kappa shape index (κ3) is 6.08. The molecule has 0 aliphatic heterocycles. The lowest BCUT2D eigenvalue weighted by molar-refractivity contribution is 0.183. The van der Waals surface area contributed by atoms with Crippen LogP contribution in [0.1, 0.15) is 55.4 Å². The first-order valence-corrected chi connectivity index (χ1v) is 10.5. The van der Waals surface area contributed by atoms with Gasteiger partial charge in [-0.1, -0.05) is 59.9 Å². The van der Waals surface area contributed by atoms with Crippen molar-refractivity contribution >= 4 is 18.9 Å². The van der Waals surface area contributed by atoms with Gasteiger partial charge in [0.05, 0.1) is 0 Å². The van der Waals surface area contributed by atoms with E-state index in [1.54, 1.807) is 0 Å². The lowest BCUT2D eigenvalue weighted by Gasteiger charge is -2.36. The molecule has 0 radical (unpaired) electrons. The molecule has 0 aliphatic rings. The molecule has 0 amide bonds. The van der Waals surface area contributed by atoms with Gasteiger partial charge in [-0.05, 0) is 50.9 Å². The van der Waals surface area contributed by atoms with Gasteiger partial charge < -0.3 is 10.2 Å². The Bertz CT molecular complexity index is 439. The normalized spacial score (nSPS) is 12.4. The molecule has 0 saturated carbocycles. The zero-order valence-electron chi connectivity index (χ0n) is 16.4. The van der Waals surface area contributed by atoms with Gasteiger partial charge in [-0.2, -0.15) is 0 Å². The summed E-state index contributed by atoms with van der Waals surface area (Å²) < 4.78 is 0. The van der Waals surface area contributed by atoms with Crippen LogP contribution in [0.15, 0.2) is 24.3 Å².